The Bertz CT molecular complexity index is 465. The Morgan fingerprint density at radius 3 is 2.93 bits per heavy atom. The molecule has 0 aliphatic carbocycles. The van der Waals surface area contributed by atoms with Gasteiger partial charge in [-0.05, 0) is 17.7 Å². The summed E-state index contributed by atoms with van der Waals surface area (Å²) in [4.78, 5) is 14.7. The van der Waals surface area contributed by atoms with Gasteiger partial charge in [0.25, 0.3) is 0 Å². The van der Waals surface area contributed by atoms with Gasteiger partial charge in [0.2, 0.25) is 0 Å². The van der Waals surface area contributed by atoms with Crippen LogP contribution in [0.15, 0.2) is 36.8 Å². The van der Waals surface area contributed by atoms with Crippen molar-refractivity contribution in [1.82, 2.24) is 14.8 Å². The molecule has 15 heavy (non-hydrogen) atoms. The molecule has 0 spiro atoms. The lowest BCUT2D eigenvalue weighted by Crippen LogP contribution is -2.07. The van der Waals surface area contributed by atoms with Gasteiger partial charge in [-0.1, -0.05) is 6.07 Å². The highest BCUT2D eigenvalue weighted by molar-refractivity contribution is 5.66. The van der Waals surface area contributed by atoms with Crippen LogP contribution in [-0.4, -0.2) is 26.0 Å². The SMILES string of the molecule is O=C(O)n1cc(Cc2ccccn2)cn1. The van der Waals surface area contributed by atoms with Crippen molar-refractivity contribution in [1.29, 1.82) is 0 Å². The van der Waals surface area contributed by atoms with Gasteiger partial charge in [-0.3, -0.25) is 4.98 Å². The molecule has 2 aromatic rings. The maximum atomic E-state index is 10.6. The molecule has 0 aromatic carbocycles. The van der Waals surface area contributed by atoms with Crippen molar-refractivity contribution < 1.29 is 9.90 Å². The molecule has 0 saturated carbocycles. The Hall–Kier alpha value is -2.17. The van der Waals surface area contributed by atoms with E-state index in [1.54, 1.807) is 6.20 Å². The summed E-state index contributed by atoms with van der Waals surface area (Å²) in [5, 5.41) is 12.4. The predicted octanol–water partition coefficient (Wildman–Crippen LogP) is 1.39. The zero-order valence-electron chi connectivity index (χ0n) is 7.87. The molecule has 2 rings (SSSR count). The van der Waals surface area contributed by atoms with E-state index in [1.807, 2.05) is 18.2 Å². The van der Waals surface area contributed by atoms with Crippen molar-refractivity contribution in [2.24, 2.45) is 0 Å². The zero-order valence-corrected chi connectivity index (χ0v) is 7.87. The van der Waals surface area contributed by atoms with Crippen LogP contribution in [0.4, 0.5) is 4.79 Å². The normalized spacial score (nSPS) is 10.1. The van der Waals surface area contributed by atoms with Crippen molar-refractivity contribution in [3.63, 3.8) is 0 Å². The number of aromatic nitrogens is 3. The Balaban J connectivity index is 2.15. The number of nitrogens with zero attached hydrogens (tertiary/aromatic N) is 3. The second-order valence-electron chi connectivity index (χ2n) is 3.07. The molecular formula is C10H9N3O2. The molecule has 0 radical (unpaired) electrons. The van der Waals surface area contributed by atoms with E-state index in [4.69, 9.17) is 5.11 Å². The molecule has 5 heteroatoms. The van der Waals surface area contributed by atoms with Gasteiger partial charge in [-0.25, -0.2) is 4.79 Å². The highest BCUT2D eigenvalue weighted by Crippen LogP contribution is 2.05. The van der Waals surface area contributed by atoms with Crippen molar-refractivity contribution in [2.45, 2.75) is 6.42 Å². The zero-order chi connectivity index (χ0) is 10.7. The van der Waals surface area contributed by atoms with Gasteiger partial charge in [-0.15, -0.1) is 0 Å². The van der Waals surface area contributed by atoms with Gasteiger partial charge in [0.15, 0.2) is 0 Å². The van der Waals surface area contributed by atoms with Crippen molar-refractivity contribution >= 4 is 6.09 Å². The lowest BCUT2D eigenvalue weighted by molar-refractivity contribution is 0.192. The van der Waals surface area contributed by atoms with E-state index in [0.29, 0.717) is 6.42 Å². The molecule has 0 atom stereocenters. The van der Waals surface area contributed by atoms with Crippen LogP contribution in [0.1, 0.15) is 11.3 Å². The molecular weight excluding hydrogens is 194 g/mol. The number of rotatable bonds is 2. The number of carboxylic acid groups (broad SMARTS) is 1. The molecule has 0 saturated heterocycles. The summed E-state index contributed by atoms with van der Waals surface area (Å²) in [6.07, 6.45) is 4.23. The van der Waals surface area contributed by atoms with Gasteiger partial charge in [-0.2, -0.15) is 9.78 Å². The van der Waals surface area contributed by atoms with Gasteiger partial charge < -0.3 is 5.11 Å². The fourth-order valence-electron chi connectivity index (χ4n) is 1.27. The van der Waals surface area contributed by atoms with E-state index in [9.17, 15) is 4.79 Å². The predicted molar refractivity (Wildman–Crippen MR) is 52.7 cm³/mol. The molecule has 5 nitrogen and oxygen atoms in total. The quantitative estimate of drug-likeness (QED) is 0.800. The van der Waals surface area contributed by atoms with Crippen molar-refractivity contribution in [2.75, 3.05) is 0 Å². The smallest absolute Gasteiger partial charge is 0.432 e. The van der Waals surface area contributed by atoms with E-state index in [1.165, 1.54) is 12.4 Å². The summed E-state index contributed by atoms with van der Waals surface area (Å²) in [7, 11) is 0. The van der Waals surface area contributed by atoms with Gasteiger partial charge >= 0.3 is 6.09 Å². The molecule has 1 N–H and O–H groups in total. The van der Waals surface area contributed by atoms with Crippen LogP contribution >= 0.6 is 0 Å². The van der Waals surface area contributed by atoms with Crippen LogP contribution < -0.4 is 0 Å². The van der Waals surface area contributed by atoms with Crippen LogP contribution in [0.5, 0.6) is 0 Å². The molecule has 0 aliphatic rings. The van der Waals surface area contributed by atoms with Crippen LogP contribution in [-0.2, 0) is 6.42 Å². The molecule has 0 bridgehead atoms. The summed E-state index contributed by atoms with van der Waals surface area (Å²) >= 11 is 0. The molecule has 0 fully saturated rings. The third-order valence-electron chi connectivity index (χ3n) is 1.94. The lowest BCUT2D eigenvalue weighted by atomic mass is 10.2. The Morgan fingerprint density at radius 2 is 2.33 bits per heavy atom. The minimum atomic E-state index is -1.08. The highest BCUT2D eigenvalue weighted by atomic mass is 16.4. The number of carbonyl (C=O) groups is 1. The first-order valence-electron chi connectivity index (χ1n) is 4.42. The second kappa shape index (κ2) is 3.91. The Kier molecular flexibility index (Phi) is 2.45. The third kappa shape index (κ3) is 2.19. The summed E-state index contributed by atoms with van der Waals surface area (Å²) in [5.74, 6) is 0. The van der Waals surface area contributed by atoms with Gasteiger partial charge in [0.1, 0.15) is 0 Å². The van der Waals surface area contributed by atoms with E-state index >= 15 is 0 Å². The largest absolute Gasteiger partial charge is 0.463 e. The van der Waals surface area contributed by atoms with Crippen molar-refractivity contribution in [3.8, 4) is 0 Å². The molecule has 0 amide bonds. The first kappa shape index (κ1) is 9.39. The highest BCUT2D eigenvalue weighted by Gasteiger charge is 2.04. The standard InChI is InChI=1S/C10H9N3O2/c14-10(15)13-7-8(6-12-13)5-9-3-1-2-4-11-9/h1-4,6-7H,5H2,(H,14,15). The van der Waals surface area contributed by atoms with Crippen molar-refractivity contribution in [3.05, 3.63) is 48.0 Å². The van der Waals surface area contributed by atoms with Crippen LogP contribution in [0.2, 0.25) is 0 Å². The third-order valence-corrected chi connectivity index (χ3v) is 1.94. The molecule has 2 heterocycles. The summed E-state index contributed by atoms with van der Waals surface area (Å²) in [5.41, 5.74) is 1.72. The monoisotopic (exact) mass is 203 g/mol. The van der Waals surface area contributed by atoms with Crippen LogP contribution in [0.3, 0.4) is 0 Å². The molecule has 0 aliphatic heterocycles. The van der Waals surface area contributed by atoms with Gasteiger partial charge in [0.05, 0.1) is 6.20 Å². The summed E-state index contributed by atoms with van der Waals surface area (Å²) < 4.78 is 0.887. The van der Waals surface area contributed by atoms with Crippen LogP contribution in [0.25, 0.3) is 0 Å². The first-order valence-corrected chi connectivity index (χ1v) is 4.42. The average Bonchev–Trinajstić information content (AvgIpc) is 2.68. The average molecular weight is 203 g/mol. The Labute approximate surface area is 86.0 Å². The van der Waals surface area contributed by atoms with E-state index in [-0.39, 0.29) is 0 Å². The maximum absolute atomic E-state index is 10.6. The summed E-state index contributed by atoms with van der Waals surface area (Å²) in [6, 6.07) is 5.62. The van der Waals surface area contributed by atoms with E-state index in [2.05, 4.69) is 10.1 Å². The fourth-order valence-corrected chi connectivity index (χ4v) is 1.27. The minimum absolute atomic E-state index is 0.591. The van der Waals surface area contributed by atoms with Crippen LogP contribution in [0, 0.1) is 0 Å². The Morgan fingerprint density at radius 1 is 1.47 bits per heavy atom. The lowest BCUT2D eigenvalue weighted by Gasteiger charge is -1.95. The van der Waals surface area contributed by atoms with Gasteiger partial charge in [0, 0.05) is 24.5 Å². The van der Waals surface area contributed by atoms with E-state index < -0.39 is 6.09 Å². The first-order chi connectivity index (χ1) is 7.25. The maximum Gasteiger partial charge on any atom is 0.432 e. The summed E-state index contributed by atoms with van der Waals surface area (Å²) in [6.45, 7) is 0. The fraction of sp³-hybridized carbons (Fsp3) is 0.100. The second-order valence-corrected chi connectivity index (χ2v) is 3.07. The minimum Gasteiger partial charge on any atom is -0.463 e. The number of hydrogen-bond donors (Lipinski definition) is 1. The molecule has 2 aromatic heterocycles. The van der Waals surface area contributed by atoms with E-state index in [0.717, 1.165) is 15.9 Å². The topological polar surface area (TPSA) is 68.0 Å². The molecule has 76 valence electrons. The number of pyridine rings is 1. The number of hydrogen-bond acceptors (Lipinski definition) is 3. The molecule has 0 unspecified atom stereocenters.